The molecule has 4 nitrogen and oxygen atoms in total. The number of nitrogens with one attached hydrogen (secondary N) is 1. The van der Waals surface area contributed by atoms with Crippen LogP contribution in [0.5, 0.6) is 0 Å². The summed E-state index contributed by atoms with van der Waals surface area (Å²) in [6.07, 6.45) is 3.66. The van der Waals surface area contributed by atoms with E-state index in [1.807, 2.05) is 12.3 Å². The van der Waals surface area contributed by atoms with Crippen LogP contribution >= 0.6 is 0 Å². The molecule has 1 fully saturated rings. The fourth-order valence-electron chi connectivity index (χ4n) is 1.71. The minimum Gasteiger partial charge on any atom is -0.379 e. The van der Waals surface area contributed by atoms with Gasteiger partial charge >= 0.3 is 0 Å². The maximum Gasteiger partial charge on any atom is 0.130 e. The van der Waals surface area contributed by atoms with Crippen LogP contribution in [0.25, 0.3) is 0 Å². The first-order valence-electron chi connectivity index (χ1n) is 5.50. The summed E-state index contributed by atoms with van der Waals surface area (Å²) in [5.41, 5.74) is 1.11. The van der Waals surface area contributed by atoms with Gasteiger partial charge in [-0.1, -0.05) is 6.92 Å². The quantitative estimate of drug-likeness (QED) is 0.787. The third-order valence-electron chi connectivity index (χ3n) is 2.55. The van der Waals surface area contributed by atoms with E-state index in [9.17, 15) is 0 Å². The molecular weight excluding hydrogens is 190 g/mol. The Morgan fingerprint density at radius 1 is 1.60 bits per heavy atom. The minimum atomic E-state index is 0.367. The number of rotatable bonds is 3. The van der Waals surface area contributed by atoms with E-state index < -0.39 is 0 Å². The molecule has 4 heteroatoms. The minimum absolute atomic E-state index is 0.367. The van der Waals surface area contributed by atoms with E-state index in [-0.39, 0.29) is 0 Å². The number of morpholine rings is 1. The molecule has 1 aromatic heterocycles. The third kappa shape index (κ3) is 2.97. The molecular formula is C11H17N3O. The summed E-state index contributed by atoms with van der Waals surface area (Å²) in [4.78, 5) is 8.75. The highest BCUT2D eigenvalue weighted by Crippen LogP contribution is 2.02. The molecule has 1 unspecified atom stereocenters. The Labute approximate surface area is 90.1 Å². The van der Waals surface area contributed by atoms with Gasteiger partial charge < -0.3 is 10.1 Å². The van der Waals surface area contributed by atoms with Crippen LogP contribution in [-0.4, -0.2) is 35.8 Å². The highest BCUT2D eigenvalue weighted by molar-refractivity contribution is 5.03. The van der Waals surface area contributed by atoms with E-state index in [2.05, 4.69) is 22.2 Å². The first kappa shape index (κ1) is 10.5. The van der Waals surface area contributed by atoms with Crippen molar-refractivity contribution in [1.82, 2.24) is 15.3 Å². The molecule has 1 aliphatic rings. The zero-order valence-electron chi connectivity index (χ0n) is 9.07. The third-order valence-corrected chi connectivity index (χ3v) is 2.55. The van der Waals surface area contributed by atoms with Crippen molar-refractivity contribution in [2.75, 3.05) is 19.8 Å². The second-order valence-corrected chi connectivity index (χ2v) is 3.75. The number of nitrogens with zero attached hydrogens (tertiary/aromatic N) is 2. The molecule has 0 aliphatic carbocycles. The number of hydrogen-bond donors (Lipinski definition) is 1. The van der Waals surface area contributed by atoms with Crippen molar-refractivity contribution in [2.24, 2.45) is 0 Å². The normalized spacial score (nSPS) is 21.5. The molecule has 1 saturated heterocycles. The van der Waals surface area contributed by atoms with Gasteiger partial charge in [-0.15, -0.1) is 0 Å². The average molecular weight is 207 g/mol. The van der Waals surface area contributed by atoms with Crippen LogP contribution in [0.15, 0.2) is 12.3 Å². The van der Waals surface area contributed by atoms with Crippen LogP contribution in [0, 0.1) is 0 Å². The van der Waals surface area contributed by atoms with Crippen molar-refractivity contribution < 1.29 is 4.74 Å². The van der Waals surface area contributed by atoms with Crippen LogP contribution in [0.4, 0.5) is 0 Å². The largest absolute Gasteiger partial charge is 0.379 e. The average Bonchev–Trinajstić information content (AvgIpc) is 2.31. The second kappa shape index (κ2) is 5.19. The number of ether oxygens (including phenoxy) is 1. The molecule has 1 aliphatic heterocycles. The molecule has 2 heterocycles. The fraction of sp³-hybridized carbons (Fsp3) is 0.636. The van der Waals surface area contributed by atoms with Crippen LogP contribution in [-0.2, 0) is 17.6 Å². The lowest BCUT2D eigenvalue weighted by molar-refractivity contribution is 0.0764. The molecule has 15 heavy (non-hydrogen) atoms. The summed E-state index contributed by atoms with van der Waals surface area (Å²) in [6.45, 7) is 4.61. The van der Waals surface area contributed by atoms with E-state index in [1.165, 1.54) is 0 Å². The van der Waals surface area contributed by atoms with Crippen molar-refractivity contribution in [3.8, 4) is 0 Å². The summed E-state index contributed by atoms with van der Waals surface area (Å²) >= 11 is 0. The summed E-state index contributed by atoms with van der Waals surface area (Å²) < 4.78 is 5.39. The van der Waals surface area contributed by atoms with Crippen molar-refractivity contribution in [3.05, 3.63) is 23.8 Å². The van der Waals surface area contributed by atoms with Gasteiger partial charge in [0.1, 0.15) is 5.82 Å². The molecule has 0 bridgehead atoms. The van der Waals surface area contributed by atoms with Crippen LogP contribution in [0.1, 0.15) is 18.4 Å². The van der Waals surface area contributed by atoms with Crippen LogP contribution in [0.3, 0.4) is 0 Å². The fourth-order valence-corrected chi connectivity index (χ4v) is 1.71. The maximum absolute atomic E-state index is 5.39. The first-order chi connectivity index (χ1) is 7.38. The van der Waals surface area contributed by atoms with Crippen molar-refractivity contribution in [3.63, 3.8) is 0 Å². The highest BCUT2D eigenvalue weighted by Gasteiger charge is 2.14. The van der Waals surface area contributed by atoms with E-state index >= 15 is 0 Å². The highest BCUT2D eigenvalue weighted by atomic mass is 16.5. The smallest absolute Gasteiger partial charge is 0.130 e. The Hall–Kier alpha value is -1.00. The molecule has 82 valence electrons. The zero-order chi connectivity index (χ0) is 10.5. The SMILES string of the molecule is CCc1ccnc(CC2COCCN2)n1. The number of hydrogen-bond acceptors (Lipinski definition) is 4. The van der Waals surface area contributed by atoms with Gasteiger partial charge in [-0.2, -0.15) is 0 Å². The molecule has 1 atom stereocenters. The van der Waals surface area contributed by atoms with Gasteiger partial charge in [0.25, 0.3) is 0 Å². The van der Waals surface area contributed by atoms with Gasteiger partial charge in [0.2, 0.25) is 0 Å². The molecule has 0 aromatic carbocycles. The van der Waals surface area contributed by atoms with E-state index in [1.54, 1.807) is 0 Å². The van der Waals surface area contributed by atoms with E-state index in [4.69, 9.17) is 4.74 Å². The summed E-state index contributed by atoms with van der Waals surface area (Å²) in [5, 5.41) is 3.40. The van der Waals surface area contributed by atoms with Gasteiger partial charge in [0, 0.05) is 30.9 Å². The van der Waals surface area contributed by atoms with E-state index in [0.717, 1.165) is 44.1 Å². The Bertz CT molecular complexity index is 310. The second-order valence-electron chi connectivity index (χ2n) is 3.75. The van der Waals surface area contributed by atoms with Crippen molar-refractivity contribution in [1.29, 1.82) is 0 Å². The van der Waals surface area contributed by atoms with Gasteiger partial charge in [0.15, 0.2) is 0 Å². The Morgan fingerprint density at radius 2 is 2.53 bits per heavy atom. The van der Waals surface area contributed by atoms with Gasteiger partial charge in [0.05, 0.1) is 13.2 Å². The molecule has 0 radical (unpaired) electrons. The topological polar surface area (TPSA) is 47.0 Å². The van der Waals surface area contributed by atoms with Gasteiger partial charge in [-0.3, -0.25) is 0 Å². The lowest BCUT2D eigenvalue weighted by atomic mass is 10.2. The molecule has 1 N–H and O–H groups in total. The lowest BCUT2D eigenvalue weighted by Crippen LogP contribution is -2.42. The molecule has 1 aromatic rings. The number of aryl methyl sites for hydroxylation is 1. The van der Waals surface area contributed by atoms with Crippen molar-refractivity contribution >= 4 is 0 Å². The zero-order valence-corrected chi connectivity index (χ0v) is 9.07. The summed E-state index contributed by atoms with van der Waals surface area (Å²) in [7, 11) is 0. The van der Waals surface area contributed by atoms with Crippen LogP contribution < -0.4 is 5.32 Å². The predicted molar refractivity (Wildman–Crippen MR) is 57.7 cm³/mol. The Balaban J connectivity index is 1.96. The lowest BCUT2D eigenvalue weighted by Gasteiger charge is -2.23. The monoisotopic (exact) mass is 207 g/mol. The summed E-state index contributed by atoms with van der Waals surface area (Å²) in [6, 6.07) is 2.33. The molecule has 0 amide bonds. The Morgan fingerprint density at radius 3 is 3.27 bits per heavy atom. The molecule has 2 rings (SSSR count). The van der Waals surface area contributed by atoms with Gasteiger partial charge in [-0.05, 0) is 12.5 Å². The summed E-state index contributed by atoms with van der Waals surface area (Å²) in [5.74, 6) is 0.914. The maximum atomic E-state index is 5.39. The molecule has 0 saturated carbocycles. The van der Waals surface area contributed by atoms with Crippen LogP contribution in [0.2, 0.25) is 0 Å². The van der Waals surface area contributed by atoms with Gasteiger partial charge in [-0.25, -0.2) is 9.97 Å². The molecule has 0 spiro atoms. The predicted octanol–water partition coefficient (Wildman–Crippen LogP) is 0.570. The Kier molecular flexibility index (Phi) is 3.64. The van der Waals surface area contributed by atoms with E-state index in [0.29, 0.717) is 6.04 Å². The standard InChI is InChI=1S/C11H17N3O/c1-2-9-3-4-13-11(14-9)7-10-8-15-6-5-12-10/h3-4,10,12H,2,5-8H2,1H3. The first-order valence-corrected chi connectivity index (χ1v) is 5.50. The number of aromatic nitrogens is 2. The van der Waals surface area contributed by atoms with Crippen molar-refractivity contribution in [2.45, 2.75) is 25.8 Å².